The Labute approximate surface area is 195 Å². The Morgan fingerprint density at radius 1 is 1.03 bits per heavy atom. The van der Waals surface area contributed by atoms with Crippen LogP contribution in [0.1, 0.15) is 30.0 Å². The van der Waals surface area contributed by atoms with Gasteiger partial charge in [-0.1, -0.05) is 41.5 Å². The van der Waals surface area contributed by atoms with E-state index >= 15 is 0 Å². The molecule has 34 heavy (non-hydrogen) atoms. The summed E-state index contributed by atoms with van der Waals surface area (Å²) in [7, 11) is 0. The van der Waals surface area contributed by atoms with E-state index in [2.05, 4.69) is 25.9 Å². The molecule has 1 aromatic heterocycles. The second kappa shape index (κ2) is 9.11. The molecule has 1 amide bonds. The molecule has 168 valence electrons. The summed E-state index contributed by atoms with van der Waals surface area (Å²) in [6.07, 6.45) is 2.08. The highest BCUT2D eigenvalue weighted by Gasteiger charge is 2.26. The second-order valence-electron chi connectivity index (χ2n) is 7.80. The molecular weight excluding hydrogens is 433 g/mol. The summed E-state index contributed by atoms with van der Waals surface area (Å²) in [6, 6.07) is 21.9. The summed E-state index contributed by atoms with van der Waals surface area (Å²) in [5, 5.41) is 15.8. The van der Waals surface area contributed by atoms with Gasteiger partial charge in [0.15, 0.2) is 0 Å². The quantitative estimate of drug-likeness (QED) is 0.403. The number of H-pyrrole nitrogens is 1. The number of aromatic nitrogens is 4. The van der Waals surface area contributed by atoms with Gasteiger partial charge in [-0.3, -0.25) is 10.1 Å². The van der Waals surface area contributed by atoms with Gasteiger partial charge < -0.3 is 4.74 Å². The van der Waals surface area contributed by atoms with Crippen LogP contribution < -0.4 is 10.1 Å². The summed E-state index contributed by atoms with van der Waals surface area (Å²) in [5.74, 6) is 0.923. The number of aromatic amines is 1. The first kappa shape index (κ1) is 21.3. The van der Waals surface area contributed by atoms with E-state index in [1.54, 1.807) is 6.07 Å². The monoisotopic (exact) mass is 453 g/mol. The summed E-state index contributed by atoms with van der Waals surface area (Å²) in [5.41, 5.74) is 5.15. The molecule has 0 saturated carbocycles. The fourth-order valence-corrected chi connectivity index (χ4v) is 3.95. The molecule has 1 heterocycles. The number of allylic oxidation sites excluding steroid dienone is 2. The van der Waals surface area contributed by atoms with E-state index in [0.29, 0.717) is 5.56 Å². The first-order chi connectivity index (χ1) is 16.6. The molecule has 0 bridgehead atoms. The second-order valence-corrected chi connectivity index (χ2v) is 7.80. The first-order valence-corrected chi connectivity index (χ1v) is 10.7. The molecule has 0 fully saturated rings. The lowest BCUT2D eigenvalue weighted by molar-refractivity contribution is -0.115. The number of carbonyl (C=O) groups is 1. The van der Waals surface area contributed by atoms with Crippen molar-refractivity contribution in [2.24, 2.45) is 0 Å². The van der Waals surface area contributed by atoms with Gasteiger partial charge in [-0.15, -0.1) is 5.10 Å². The number of halogens is 1. The van der Waals surface area contributed by atoms with Gasteiger partial charge in [-0.05, 0) is 88.0 Å². The minimum atomic E-state index is -0.355. The number of tetrazole rings is 1. The molecular formula is C26H20FN5O2. The van der Waals surface area contributed by atoms with Crippen LogP contribution in [0, 0.1) is 5.82 Å². The standard InChI is InChI=1S/C26H20FN5O2/c1-16-22(13-17-7-10-20(11-8-17)34-19-5-3-2-4-6-19)21-12-9-18(27)14-24(21)23(16)15-25(33)28-26-29-31-32-30-26/h2-14H,15H2,1H3,(H2,28,29,30,31,32,33). The van der Waals surface area contributed by atoms with Crippen molar-refractivity contribution in [1.29, 1.82) is 0 Å². The molecule has 3 aromatic carbocycles. The SMILES string of the molecule is CC1=C(CC(=O)Nc2nn[nH]n2)c2cc(F)ccc2C1=Cc1ccc(Oc2ccccc2)cc1. The number of benzene rings is 3. The molecule has 4 aromatic rings. The van der Waals surface area contributed by atoms with Crippen molar-refractivity contribution in [3.8, 4) is 11.5 Å². The number of rotatable bonds is 6. The third-order valence-corrected chi connectivity index (χ3v) is 5.56. The number of ether oxygens (including phenoxy) is 1. The van der Waals surface area contributed by atoms with E-state index in [4.69, 9.17) is 4.74 Å². The van der Waals surface area contributed by atoms with Gasteiger partial charge in [0.1, 0.15) is 17.3 Å². The van der Waals surface area contributed by atoms with Gasteiger partial charge in [0.25, 0.3) is 5.95 Å². The average Bonchev–Trinajstić information content (AvgIpc) is 3.43. The van der Waals surface area contributed by atoms with Crippen LogP contribution in [0.2, 0.25) is 0 Å². The smallest absolute Gasteiger partial charge is 0.269 e. The summed E-state index contributed by atoms with van der Waals surface area (Å²) >= 11 is 0. The van der Waals surface area contributed by atoms with Crippen LogP contribution >= 0.6 is 0 Å². The first-order valence-electron chi connectivity index (χ1n) is 10.7. The molecule has 0 saturated heterocycles. The number of hydrogen-bond acceptors (Lipinski definition) is 5. The summed E-state index contributed by atoms with van der Waals surface area (Å²) in [6.45, 7) is 1.94. The molecule has 0 spiro atoms. The van der Waals surface area contributed by atoms with E-state index in [1.807, 2.05) is 67.6 Å². The van der Waals surface area contributed by atoms with Crippen LogP contribution in [0.15, 0.2) is 78.4 Å². The zero-order valence-corrected chi connectivity index (χ0v) is 18.2. The van der Waals surface area contributed by atoms with Gasteiger partial charge >= 0.3 is 0 Å². The van der Waals surface area contributed by atoms with Gasteiger partial charge in [0, 0.05) is 0 Å². The fourth-order valence-electron chi connectivity index (χ4n) is 3.95. The predicted octanol–water partition coefficient (Wildman–Crippen LogP) is 5.49. The van der Waals surface area contributed by atoms with Crippen molar-refractivity contribution in [1.82, 2.24) is 20.6 Å². The third-order valence-electron chi connectivity index (χ3n) is 5.56. The minimum Gasteiger partial charge on any atom is -0.457 e. The Morgan fingerprint density at radius 2 is 1.79 bits per heavy atom. The molecule has 0 radical (unpaired) electrons. The van der Waals surface area contributed by atoms with Crippen LogP contribution in [0.25, 0.3) is 17.2 Å². The Balaban J connectivity index is 1.42. The van der Waals surface area contributed by atoms with Crippen LogP contribution in [-0.4, -0.2) is 26.5 Å². The lowest BCUT2D eigenvalue weighted by atomic mass is 10.0. The van der Waals surface area contributed by atoms with E-state index in [9.17, 15) is 9.18 Å². The van der Waals surface area contributed by atoms with E-state index in [0.717, 1.165) is 39.3 Å². The maximum absolute atomic E-state index is 14.1. The van der Waals surface area contributed by atoms with Crippen molar-refractivity contribution >= 4 is 29.1 Å². The molecule has 5 rings (SSSR count). The van der Waals surface area contributed by atoms with Gasteiger partial charge in [-0.2, -0.15) is 5.21 Å². The molecule has 1 aliphatic carbocycles. The summed E-state index contributed by atoms with van der Waals surface area (Å²) in [4.78, 5) is 12.6. The van der Waals surface area contributed by atoms with Crippen molar-refractivity contribution in [3.63, 3.8) is 0 Å². The Bertz CT molecular complexity index is 1400. The highest BCUT2D eigenvalue weighted by Crippen LogP contribution is 2.44. The van der Waals surface area contributed by atoms with Gasteiger partial charge in [0.05, 0.1) is 6.42 Å². The predicted molar refractivity (Wildman–Crippen MR) is 127 cm³/mol. The molecule has 2 N–H and O–H groups in total. The minimum absolute atomic E-state index is 0.0536. The molecule has 8 heteroatoms. The number of carbonyl (C=O) groups excluding carboxylic acids is 1. The number of anilines is 1. The van der Waals surface area contributed by atoms with Crippen LogP contribution in [0.4, 0.5) is 10.3 Å². The van der Waals surface area contributed by atoms with E-state index < -0.39 is 0 Å². The van der Waals surface area contributed by atoms with Crippen LogP contribution in [0.3, 0.4) is 0 Å². The highest BCUT2D eigenvalue weighted by atomic mass is 19.1. The Kier molecular flexibility index (Phi) is 5.70. The molecule has 0 aliphatic heterocycles. The normalized spacial score (nSPS) is 13.8. The Hall–Kier alpha value is -4.59. The van der Waals surface area contributed by atoms with Crippen molar-refractivity contribution in [2.45, 2.75) is 13.3 Å². The fraction of sp³-hybridized carbons (Fsp3) is 0.0769. The van der Waals surface area contributed by atoms with Gasteiger partial charge in [-0.25, -0.2) is 4.39 Å². The maximum atomic E-state index is 14.1. The van der Waals surface area contributed by atoms with Crippen LogP contribution in [-0.2, 0) is 4.79 Å². The number of fused-ring (bicyclic) bond motifs is 1. The highest BCUT2D eigenvalue weighted by molar-refractivity contribution is 6.09. The number of nitrogens with one attached hydrogen (secondary N) is 2. The van der Waals surface area contributed by atoms with Crippen molar-refractivity contribution < 1.29 is 13.9 Å². The third kappa shape index (κ3) is 4.47. The van der Waals surface area contributed by atoms with Crippen LogP contribution in [0.5, 0.6) is 11.5 Å². The molecule has 7 nitrogen and oxygen atoms in total. The number of amides is 1. The maximum Gasteiger partial charge on any atom is 0.269 e. The summed E-state index contributed by atoms with van der Waals surface area (Å²) < 4.78 is 20.0. The average molecular weight is 453 g/mol. The largest absolute Gasteiger partial charge is 0.457 e. The zero-order valence-electron chi connectivity index (χ0n) is 18.2. The number of nitrogens with zero attached hydrogens (tertiary/aromatic N) is 3. The van der Waals surface area contributed by atoms with Crippen molar-refractivity contribution in [2.75, 3.05) is 5.32 Å². The molecule has 1 aliphatic rings. The molecule has 0 unspecified atom stereocenters. The van der Waals surface area contributed by atoms with E-state index in [1.165, 1.54) is 12.1 Å². The van der Waals surface area contributed by atoms with Crippen molar-refractivity contribution in [3.05, 3.63) is 101 Å². The number of para-hydroxylation sites is 1. The topological polar surface area (TPSA) is 92.8 Å². The zero-order chi connectivity index (χ0) is 23.5. The Morgan fingerprint density at radius 3 is 2.53 bits per heavy atom. The van der Waals surface area contributed by atoms with E-state index in [-0.39, 0.29) is 24.1 Å². The molecule has 0 atom stereocenters. The lowest BCUT2D eigenvalue weighted by Gasteiger charge is -2.07. The number of hydrogen-bond donors (Lipinski definition) is 2. The lowest BCUT2D eigenvalue weighted by Crippen LogP contribution is -2.13. The van der Waals surface area contributed by atoms with Gasteiger partial charge in [0.2, 0.25) is 5.91 Å².